The highest BCUT2D eigenvalue weighted by molar-refractivity contribution is 6.01. The van der Waals surface area contributed by atoms with Crippen molar-refractivity contribution in [1.82, 2.24) is 25.2 Å². The Hall–Kier alpha value is -3.63. The number of piperazine rings is 1. The van der Waals surface area contributed by atoms with E-state index in [1.165, 1.54) is 12.8 Å². The largest absolute Gasteiger partial charge is 0.508 e. The summed E-state index contributed by atoms with van der Waals surface area (Å²) in [6, 6.07) is 10.3. The molecule has 2 bridgehead atoms. The van der Waals surface area contributed by atoms with Gasteiger partial charge in [-0.25, -0.2) is 8.78 Å². The number of aromatic nitrogens is 3. The number of rotatable bonds is 5. The van der Waals surface area contributed by atoms with Crippen molar-refractivity contribution in [2.75, 3.05) is 31.1 Å². The predicted molar refractivity (Wildman–Crippen MR) is 169 cm³/mol. The van der Waals surface area contributed by atoms with Crippen LogP contribution in [0.5, 0.6) is 11.8 Å². The number of anilines is 1. The number of alkyl halides is 1. The quantitative estimate of drug-likeness (QED) is 0.298. The number of ether oxygens (including phenoxy) is 1. The van der Waals surface area contributed by atoms with Crippen molar-refractivity contribution < 1.29 is 18.6 Å². The van der Waals surface area contributed by atoms with E-state index in [2.05, 4.69) is 20.1 Å². The zero-order valence-corrected chi connectivity index (χ0v) is 25.5. The van der Waals surface area contributed by atoms with E-state index >= 15 is 4.39 Å². The number of benzene rings is 2. The van der Waals surface area contributed by atoms with Gasteiger partial charge in [0.1, 0.15) is 35.6 Å². The van der Waals surface area contributed by atoms with E-state index in [9.17, 15) is 9.50 Å². The lowest BCUT2D eigenvalue weighted by Gasteiger charge is -2.35. The summed E-state index contributed by atoms with van der Waals surface area (Å²) in [7, 11) is 0. The average molecular weight is 613 g/mol. The van der Waals surface area contributed by atoms with Gasteiger partial charge in [0.15, 0.2) is 5.82 Å². The lowest BCUT2D eigenvalue weighted by molar-refractivity contribution is 0.0832. The number of hydrogen-bond acceptors (Lipinski definition) is 8. The number of pyridine rings is 1. The van der Waals surface area contributed by atoms with Crippen LogP contribution in [-0.2, 0) is 0 Å². The summed E-state index contributed by atoms with van der Waals surface area (Å²) in [6.07, 6.45) is 7.86. The summed E-state index contributed by atoms with van der Waals surface area (Å²) in [6.45, 7) is 4.23. The number of nitrogens with one attached hydrogen (secondary N) is 1. The van der Waals surface area contributed by atoms with Gasteiger partial charge in [0.2, 0.25) is 0 Å². The highest BCUT2D eigenvalue weighted by atomic mass is 19.1. The van der Waals surface area contributed by atoms with Crippen molar-refractivity contribution in [1.29, 1.82) is 0 Å². The van der Waals surface area contributed by atoms with Crippen LogP contribution in [0.1, 0.15) is 50.5 Å². The fourth-order valence-electron chi connectivity index (χ4n) is 9.51. The van der Waals surface area contributed by atoms with Crippen LogP contribution in [0, 0.1) is 18.7 Å². The standard InChI is InChI=1S/C35H38F2N6O2/c1-19-4-2-5-20-10-25(44)11-26(29(19)20)31-30(37)32-27(14-38-31)33(42-16-23-8-9-24(17-42)39-23)41-34(40-32)45-18-35-12-21-6-3-7-28(21)43(35)15-22(36)13-35/h2,4-5,10-11,14,21-24,28,39,44H,3,6-9,12-13,15-18H2,1H3/t21-,22-,23?,24?,28-,35-/m1/s1. The molecule has 2 aromatic heterocycles. The molecule has 1 saturated carbocycles. The van der Waals surface area contributed by atoms with Crippen LogP contribution in [0.15, 0.2) is 36.5 Å². The minimum atomic E-state index is -0.869. The van der Waals surface area contributed by atoms with Gasteiger partial charge in [0.05, 0.1) is 10.9 Å². The van der Waals surface area contributed by atoms with Gasteiger partial charge in [-0.05, 0) is 73.4 Å². The highest BCUT2D eigenvalue weighted by Gasteiger charge is 2.58. The molecule has 234 valence electrons. The van der Waals surface area contributed by atoms with Gasteiger partial charge in [-0.2, -0.15) is 9.97 Å². The van der Waals surface area contributed by atoms with Crippen molar-refractivity contribution in [3.63, 3.8) is 0 Å². The topological polar surface area (TPSA) is 86.6 Å². The summed E-state index contributed by atoms with van der Waals surface area (Å²) < 4.78 is 38.1. The van der Waals surface area contributed by atoms with Crippen molar-refractivity contribution >= 4 is 27.5 Å². The van der Waals surface area contributed by atoms with E-state index in [0.29, 0.717) is 53.8 Å². The van der Waals surface area contributed by atoms with Crippen LogP contribution in [0.25, 0.3) is 32.9 Å². The Morgan fingerprint density at radius 3 is 2.76 bits per heavy atom. The molecule has 4 aliphatic heterocycles. The lowest BCUT2D eigenvalue weighted by Crippen LogP contribution is -2.51. The van der Waals surface area contributed by atoms with Crippen molar-refractivity contribution in [3.8, 4) is 23.0 Å². The second-order valence-corrected chi connectivity index (χ2v) is 14.2. The third kappa shape index (κ3) is 4.39. The van der Waals surface area contributed by atoms with Crippen LogP contribution < -0.4 is 15.0 Å². The average Bonchev–Trinajstić information content (AvgIpc) is 3.76. The number of hydrogen-bond donors (Lipinski definition) is 2. The third-order valence-electron chi connectivity index (χ3n) is 11.3. The maximum absolute atomic E-state index is 16.8. The Kier molecular flexibility index (Phi) is 6.26. The Morgan fingerprint density at radius 2 is 1.91 bits per heavy atom. The zero-order chi connectivity index (χ0) is 30.4. The van der Waals surface area contributed by atoms with Crippen molar-refractivity contribution in [3.05, 3.63) is 47.9 Å². The molecule has 4 saturated heterocycles. The molecule has 2 unspecified atom stereocenters. The molecular weight excluding hydrogens is 574 g/mol. The van der Waals surface area contributed by atoms with Gasteiger partial charge in [-0.3, -0.25) is 9.88 Å². The predicted octanol–water partition coefficient (Wildman–Crippen LogP) is 5.67. The summed E-state index contributed by atoms with van der Waals surface area (Å²) in [5.74, 6) is 0.669. The molecule has 5 fully saturated rings. The Bertz CT molecular complexity index is 1830. The molecular formula is C35H38F2N6O2. The van der Waals surface area contributed by atoms with E-state index in [-0.39, 0.29) is 35.1 Å². The summed E-state index contributed by atoms with van der Waals surface area (Å²) >= 11 is 0. The summed E-state index contributed by atoms with van der Waals surface area (Å²) in [5, 5.41) is 16.4. The van der Waals surface area contributed by atoms with Gasteiger partial charge < -0.3 is 20.1 Å². The molecule has 2 N–H and O–H groups in total. The van der Waals surface area contributed by atoms with Crippen LogP contribution in [0.2, 0.25) is 0 Å². The number of aromatic hydroxyl groups is 1. The molecule has 10 heteroatoms. The van der Waals surface area contributed by atoms with E-state index in [0.717, 1.165) is 55.1 Å². The molecule has 6 atom stereocenters. The Balaban J connectivity index is 1.15. The van der Waals surface area contributed by atoms with Gasteiger partial charge in [-0.1, -0.05) is 24.6 Å². The van der Waals surface area contributed by atoms with Gasteiger partial charge in [-0.15, -0.1) is 0 Å². The Morgan fingerprint density at radius 1 is 1.07 bits per heavy atom. The van der Waals surface area contributed by atoms with Crippen LogP contribution in [-0.4, -0.2) is 81.0 Å². The molecule has 0 amide bonds. The monoisotopic (exact) mass is 612 g/mol. The SMILES string of the molecule is Cc1cccc2cc(O)cc(-c3ncc4c(N5CC6CCC(C5)N6)nc(OC[C@@]56C[C@@H](F)CN5[C@@H]5CCC[C@@H]5C6)nc4c3F)c12. The molecule has 8 nitrogen and oxygen atoms in total. The van der Waals surface area contributed by atoms with E-state index in [4.69, 9.17) is 14.7 Å². The van der Waals surface area contributed by atoms with Gasteiger partial charge in [0, 0.05) is 55.9 Å². The van der Waals surface area contributed by atoms with Gasteiger partial charge in [0.25, 0.3) is 0 Å². The first-order chi connectivity index (χ1) is 21.8. The lowest BCUT2D eigenvalue weighted by atomic mass is 9.89. The van der Waals surface area contributed by atoms with Crippen LogP contribution >= 0.6 is 0 Å². The smallest absolute Gasteiger partial charge is 0.319 e. The molecule has 5 aliphatic rings. The first kappa shape index (κ1) is 27.7. The molecule has 4 aromatic rings. The summed E-state index contributed by atoms with van der Waals surface area (Å²) in [4.78, 5) is 18.8. The fourth-order valence-corrected chi connectivity index (χ4v) is 9.51. The number of halogens is 2. The number of aryl methyl sites for hydroxylation is 1. The van der Waals surface area contributed by atoms with E-state index in [1.807, 2.05) is 25.1 Å². The maximum Gasteiger partial charge on any atom is 0.319 e. The second kappa shape index (κ2) is 10.2. The van der Waals surface area contributed by atoms with Crippen LogP contribution in [0.4, 0.5) is 14.6 Å². The Labute approximate surface area is 260 Å². The third-order valence-corrected chi connectivity index (χ3v) is 11.3. The molecule has 0 radical (unpaired) electrons. The minimum absolute atomic E-state index is 0.0426. The highest BCUT2D eigenvalue weighted by Crippen LogP contribution is 2.52. The van der Waals surface area contributed by atoms with E-state index < -0.39 is 12.0 Å². The number of phenols is 1. The summed E-state index contributed by atoms with van der Waals surface area (Å²) in [5.41, 5.74) is 1.36. The minimum Gasteiger partial charge on any atom is -0.508 e. The number of fused-ring (bicyclic) bond motifs is 7. The van der Waals surface area contributed by atoms with Crippen LogP contribution in [0.3, 0.4) is 0 Å². The van der Waals surface area contributed by atoms with E-state index in [1.54, 1.807) is 18.3 Å². The molecule has 1 aliphatic carbocycles. The number of nitrogens with zero attached hydrogens (tertiary/aromatic N) is 5. The van der Waals surface area contributed by atoms with Crippen molar-refractivity contribution in [2.24, 2.45) is 5.92 Å². The first-order valence-corrected chi connectivity index (χ1v) is 16.5. The molecule has 6 heterocycles. The fraction of sp³-hybridized carbons (Fsp3) is 0.514. The zero-order valence-electron chi connectivity index (χ0n) is 25.5. The molecule has 9 rings (SSSR count). The molecule has 0 spiro atoms. The maximum atomic E-state index is 16.8. The molecule has 2 aromatic carbocycles. The normalized spacial score (nSPS) is 30.8. The number of phenolic OH excluding ortho intramolecular Hbond substituents is 1. The second-order valence-electron chi connectivity index (χ2n) is 14.2. The van der Waals surface area contributed by atoms with Crippen molar-refractivity contribution in [2.45, 2.75) is 81.7 Å². The first-order valence-electron chi connectivity index (χ1n) is 16.5. The van der Waals surface area contributed by atoms with Gasteiger partial charge >= 0.3 is 6.01 Å². The molecule has 45 heavy (non-hydrogen) atoms.